The second-order valence-electron chi connectivity index (χ2n) is 8.08. The highest BCUT2D eigenvalue weighted by Crippen LogP contribution is 2.14. The smallest absolute Gasteiger partial charge is 0.266 e. The highest BCUT2D eigenvalue weighted by atomic mass is 32.2. The molecule has 0 spiro atoms. The van der Waals surface area contributed by atoms with Crippen molar-refractivity contribution in [3.8, 4) is 0 Å². The van der Waals surface area contributed by atoms with Crippen LogP contribution in [0.5, 0.6) is 0 Å². The van der Waals surface area contributed by atoms with E-state index in [0.29, 0.717) is 12.0 Å². The molecule has 0 aliphatic rings. The van der Waals surface area contributed by atoms with Crippen molar-refractivity contribution in [2.45, 2.75) is 116 Å². The molecule has 0 aliphatic heterocycles. The molecule has 1 amide bonds. The zero-order valence-electron chi connectivity index (χ0n) is 18.2. The highest BCUT2D eigenvalue weighted by molar-refractivity contribution is 7.85. The summed E-state index contributed by atoms with van der Waals surface area (Å²) in [5.74, 6) is -0.802. The minimum atomic E-state index is -4.11. The Bertz CT molecular complexity index is 517. The van der Waals surface area contributed by atoms with Gasteiger partial charge in [-0.05, 0) is 13.3 Å². The van der Waals surface area contributed by atoms with Crippen molar-refractivity contribution in [3.05, 3.63) is 12.2 Å². The lowest BCUT2D eigenvalue weighted by Crippen LogP contribution is -2.40. The number of nitrogens with one attached hydrogen (secondary N) is 1. The van der Waals surface area contributed by atoms with E-state index in [2.05, 4.69) is 18.8 Å². The Kier molecular flexibility index (Phi) is 16.5. The number of hydrogen-bond donors (Lipinski definition) is 2. The van der Waals surface area contributed by atoms with E-state index in [0.717, 1.165) is 19.3 Å². The van der Waals surface area contributed by atoms with Crippen LogP contribution in [0, 0.1) is 0 Å². The fourth-order valence-electron chi connectivity index (χ4n) is 3.35. The van der Waals surface area contributed by atoms with Gasteiger partial charge in [-0.1, -0.05) is 103 Å². The standard InChI is InChI=1S/C22H43NO4S/c1-4-5-6-7-8-9-10-11-12-13-14-15-16-17-18-21(19-28(25,26)27)23-22(24)20(2)3/h21H,2,4-19H2,1,3H3,(H,23,24)(H,25,26,27). The summed E-state index contributed by atoms with van der Waals surface area (Å²) in [7, 11) is -4.11. The van der Waals surface area contributed by atoms with E-state index in [1.54, 1.807) is 6.92 Å². The molecular formula is C22H43NO4S. The second-order valence-corrected chi connectivity index (χ2v) is 9.58. The maximum Gasteiger partial charge on any atom is 0.266 e. The van der Waals surface area contributed by atoms with Crippen LogP contribution in [0.4, 0.5) is 0 Å². The first-order valence-corrected chi connectivity index (χ1v) is 12.8. The average molecular weight is 418 g/mol. The summed E-state index contributed by atoms with van der Waals surface area (Å²) in [4.78, 5) is 11.7. The zero-order valence-corrected chi connectivity index (χ0v) is 19.0. The summed E-state index contributed by atoms with van der Waals surface area (Å²) in [5.41, 5.74) is 0.335. The minimum absolute atomic E-state index is 0.335. The van der Waals surface area contributed by atoms with Gasteiger partial charge in [0.15, 0.2) is 0 Å². The van der Waals surface area contributed by atoms with Gasteiger partial charge in [-0.15, -0.1) is 0 Å². The molecule has 2 N–H and O–H groups in total. The molecule has 166 valence electrons. The van der Waals surface area contributed by atoms with Crippen LogP contribution >= 0.6 is 0 Å². The third kappa shape index (κ3) is 18.5. The predicted octanol–water partition coefficient (Wildman–Crippen LogP) is 5.81. The van der Waals surface area contributed by atoms with Crippen molar-refractivity contribution in [2.24, 2.45) is 0 Å². The maximum absolute atomic E-state index is 11.7. The Balaban J connectivity index is 3.68. The first-order valence-electron chi connectivity index (χ1n) is 11.2. The molecule has 0 aromatic heterocycles. The van der Waals surface area contributed by atoms with Crippen LogP contribution in [0.25, 0.3) is 0 Å². The summed E-state index contributed by atoms with van der Waals surface area (Å²) in [6.45, 7) is 7.38. The van der Waals surface area contributed by atoms with Crippen molar-refractivity contribution < 1.29 is 17.8 Å². The molecule has 0 fully saturated rings. The van der Waals surface area contributed by atoms with Gasteiger partial charge in [-0.25, -0.2) is 0 Å². The Morgan fingerprint density at radius 1 is 0.857 bits per heavy atom. The lowest BCUT2D eigenvalue weighted by atomic mass is 10.0. The van der Waals surface area contributed by atoms with Crippen LogP contribution in [-0.2, 0) is 14.9 Å². The van der Waals surface area contributed by atoms with Gasteiger partial charge in [-0.3, -0.25) is 9.35 Å². The van der Waals surface area contributed by atoms with Crippen molar-refractivity contribution in [3.63, 3.8) is 0 Å². The molecule has 0 aliphatic carbocycles. The van der Waals surface area contributed by atoms with Gasteiger partial charge in [0.1, 0.15) is 0 Å². The van der Waals surface area contributed by atoms with Crippen molar-refractivity contribution in [2.75, 3.05) is 5.75 Å². The molecule has 1 atom stereocenters. The lowest BCUT2D eigenvalue weighted by molar-refractivity contribution is -0.118. The zero-order chi connectivity index (χ0) is 21.3. The fraction of sp³-hybridized carbons (Fsp3) is 0.864. The Morgan fingerprint density at radius 2 is 1.25 bits per heavy atom. The second kappa shape index (κ2) is 17.0. The van der Waals surface area contributed by atoms with E-state index in [-0.39, 0.29) is 5.91 Å². The molecule has 0 bridgehead atoms. The number of rotatable bonds is 19. The van der Waals surface area contributed by atoms with E-state index in [1.807, 2.05) is 0 Å². The number of carbonyl (C=O) groups is 1. The van der Waals surface area contributed by atoms with Gasteiger partial charge in [0, 0.05) is 11.6 Å². The average Bonchev–Trinajstić information content (AvgIpc) is 2.60. The van der Waals surface area contributed by atoms with Gasteiger partial charge in [0.25, 0.3) is 10.1 Å². The number of unbranched alkanes of at least 4 members (excludes halogenated alkanes) is 13. The summed E-state index contributed by atoms with van der Waals surface area (Å²) >= 11 is 0. The van der Waals surface area contributed by atoms with E-state index < -0.39 is 21.9 Å². The SMILES string of the molecule is C=C(C)C(=O)NC(CCCCCCCCCCCCCCCC)CS(=O)(=O)O. The molecule has 6 heteroatoms. The van der Waals surface area contributed by atoms with E-state index in [4.69, 9.17) is 4.55 Å². The first kappa shape index (κ1) is 27.1. The summed E-state index contributed by atoms with van der Waals surface area (Å²) in [6.07, 6.45) is 18.2. The molecule has 0 heterocycles. The van der Waals surface area contributed by atoms with Crippen LogP contribution in [0.1, 0.15) is 110 Å². The molecule has 28 heavy (non-hydrogen) atoms. The summed E-state index contributed by atoms with van der Waals surface area (Å²) < 4.78 is 31.3. The quantitative estimate of drug-likeness (QED) is 0.158. The Hall–Kier alpha value is -0.880. The lowest BCUT2D eigenvalue weighted by Gasteiger charge is -2.17. The topological polar surface area (TPSA) is 83.5 Å². The van der Waals surface area contributed by atoms with Gasteiger partial charge in [-0.2, -0.15) is 8.42 Å². The third-order valence-corrected chi connectivity index (χ3v) is 5.86. The van der Waals surface area contributed by atoms with E-state index in [1.165, 1.54) is 70.6 Å². The maximum atomic E-state index is 11.7. The molecular weight excluding hydrogens is 374 g/mol. The van der Waals surface area contributed by atoms with Crippen LogP contribution in [0.15, 0.2) is 12.2 Å². The molecule has 0 rings (SSSR count). The minimum Gasteiger partial charge on any atom is -0.348 e. The molecule has 0 saturated heterocycles. The highest BCUT2D eigenvalue weighted by Gasteiger charge is 2.19. The van der Waals surface area contributed by atoms with Crippen molar-refractivity contribution in [1.29, 1.82) is 0 Å². The monoisotopic (exact) mass is 417 g/mol. The molecule has 0 radical (unpaired) electrons. The van der Waals surface area contributed by atoms with Crippen molar-refractivity contribution >= 4 is 16.0 Å². The Morgan fingerprint density at radius 3 is 1.61 bits per heavy atom. The van der Waals surface area contributed by atoms with Crippen LogP contribution in [0.2, 0.25) is 0 Å². The summed E-state index contributed by atoms with van der Waals surface area (Å²) in [5, 5.41) is 2.64. The van der Waals surface area contributed by atoms with Crippen LogP contribution in [0.3, 0.4) is 0 Å². The molecule has 5 nitrogen and oxygen atoms in total. The van der Waals surface area contributed by atoms with Gasteiger partial charge in [0.2, 0.25) is 5.91 Å². The fourth-order valence-corrected chi connectivity index (χ4v) is 4.10. The van der Waals surface area contributed by atoms with E-state index in [9.17, 15) is 13.2 Å². The third-order valence-electron chi connectivity index (χ3n) is 5.04. The number of carbonyl (C=O) groups excluding carboxylic acids is 1. The number of hydrogen-bond acceptors (Lipinski definition) is 3. The van der Waals surface area contributed by atoms with Gasteiger partial charge >= 0.3 is 0 Å². The van der Waals surface area contributed by atoms with Crippen LogP contribution < -0.4 is 5.32 Å². The van der Waals surface area contributed by atoms with Gasteiger partial charge < -0.3 is 5.32 Å². The van der Waals surface area contributed by atoms with Crippen molar-refractivity contribution in [1.82, 2.24) is 5.32 Å². The number of amides is 1. The van der Waals surface area contributed by atoms with E-state index >= 15 is 0 Å². The Labute approximate surface area is 173 Å². The summed E-state index contributed by atoms with van der Waals surface area (Å²) in [6, 6.07) is -0.559. The molecule has 0 saturated carbocycles. The van der Waals surface area contributed by atoms with Gasteiger partial charge in [0.05, 0.1) is 5.75 Å². The molecule has 0 aromatic carbocycles. The van der Waals surface area contributed by atoms with Crippen LogP contribution in [-0.4, -0.2) is 30.7 Å². The molecule has 0 aromatic rings. The molecule has 1 unspecified atom stereocenters. The first-order chi connectivity index (χ1) is 13.3. The largest absolute Gasteiger partial charge is 0.348 e. The predicted molar refractivity (Wildman–Crippen MR) is 118 cm³/mol. The normalized spacial score (nSPS) is 12.7.